The molecule has 0 saturated heterocycles. The lowest BCUT2D eigenvalue weighted by Gasteiger charge is -2.24. The molecule has 0 saturated carbocycles. The van der Waals surface area contributed by atoms with Crippen LogP contribution in [-0.4, -0.2) is 50.0 Å². The Bertz CT molecular complexity index is 737. The molecule has 6 heteroatoms. The van der Waals surface area contributed by atoms with Gasteiger partial charge in [-0.1, -0.05) is 60.2 Å². The molecule has 0 aliphatic rings. The van der Waals surface area contributed by atoms with Crippen LogP contribution in [0.4, 0.5) is 4.79 Å². The zero-order valence-electron chi connectivity index (χ0n) is 16.6. The molecule has 0 fully saturated rings. The van der Waals surface area contributed by atoms with E-state index in [1.54, 1.807) is 0 Å². The lowest BCUT2D eigenvalue weighted by Crippen LogP contribution is -2.48. The van der Waals surface area contributed by atoms with E-state index in [1.165, 1.54) is 11.1 Å². The van der Waals surface area contributed by atoms with Crippen LogP contribution in [0.3, 0.4) is 0 Å². The SMILES string of the molecule is Cc1cccc(CNC[C@@H](CN(C)CC=O)NC(=O)OCc2ccccc2)c1. The van der Waals surface area contributed by atoms with Gasteiger partial charge in [-0.3, -0.25) is 4.90 Å². The van der Waals surface area contributed by atoms with Gasteiger partial charge in [0.25, 0.3) is 0 Å². The number of ether oxygens (including phenoxy) is 1. The van der Waals surface area contributed by atoms with Crippen LogP contribution < -0.4 is 10.6 Å². The Morgan fingerprint density at radius 1 is 1.14 bits per heavy atom. The van der Waals surface area contributed by atoms with Crippen LogP contribution in [-0.2, 0) is 22.7 Å². The first-order valence-electron chi connectivity index (χ1n) is 9.42. The topological polar surface area (TPSA) is 70.7 Å². The van der Waals surface area contributed by atoms with Gasteiger partial charge in [-0.05, 0) is 25.1 Å². The van der Waals surface area contributed by atoms with Crippen molar-refractivity contribution in [3.63, 3.8) is 0 Å². The summed E-state index contributed by atoms with van der Waals surface area (Å²) in [7, 11) is 1.85. The third-order valence-corrected chi connectivity index (χ3v) is 4.26. The first-order valence-corrected chi connectivity index (χ1v) is 9.42. The third-order valence-electron chi connectivity index (χ3n) is 4.26. The minimum absolute atomic E-state index is 0.182. The normalized spacial score (nSPS) is 11.8. The van der Waals surface area contributed by atoms with E-state index in [9.17, 15) is 9.59 Å². The van der Waals surface area contributed by atoms with Gasteiger partial charge >= 0.3 is 6.09 Å². The highest BCUT2D eigenvalue weighted by Gasteiger charge is 2.15. The van der Waals surface area contributed by atoms with Crippen molar-refractivity contribution in [2.45, 2.75) is 26.1 Å². The van der Waals surface area contributed by atoms with Gasteiger partial charge in [0.05, 0.1) is 12.6 Å². The number of carbonyl (C=O) groups is 2. The smallest absolute Gasteiger partial charge is 0.407 e. The number of rotatable bonds is 11. The molecule has 2 aromatic carbocycles. The van der Waals surface area contributed by atoms with E-state index in [0.717, 1.165) is 11.8 Å². The Labute approximate surface area is 166 Å². The second kappa shape index (κ2) is 11.9. The molecular formula is C22H29N3O3. The second-order valence-electron chi connectivity index (χ2n) is 6.91. The Kier molecular flexibility index (Phi) is 9.18. The predicted molar refractivity (Wildman–Crippen MR) is 110 cm³/mol. The number of carbonyl (C=O) groups excluding carboxylic acids is 2. The molecule has 150 valence electrons. The summed E-state index contributed by atoms with van der Waals surface area (Å²) in [6.07, 6.45) is 0.385. The zero-order valence-corrected chi connectivity index (χ0v) is 16.6. The summed E-state index contributed by atoms with van der Waals surface area (Å²) in [6, 6.07) is 17.6. The van der Waals surface area contributed by atoms with Gasteiger partial charge in [0.1, 0.15) is 12.9 Å². The number of hydrogen-bond donors (Lipinski definition) is 2. The minimum atomic E-state index is -0.467. The van der Waals surface area contributed by atoms with E-state index in [0.29, 0.717) is 26.2 Å². The largest absolute Gasteiger partial charge is 0.445 e. The number of nitrogens with zero attached hydrogens (tertiary/aromatic N) is 1. The van der Waals surface area contributed by atoms with Gasteiger partial charge in [0, 0.05) is 19.6 Å². The highest BCUT2D eigenvalue weighted by atomic mass is 16.5. The molecule has 1 amide bonds. The van der Waals surface area contributed by atoms with Crippen molar-refractivity contribution in [1.82, 2.24) is 15.5 Å². The minimum Gasteiger partial charge on any atom is -0.445 e. The van der Waals surface area contributed by atoms with Crippen molar-refractivity contribution in [3.8, 4) is 0 Å². The summed E-state index contributed by atoms with van der Waals surface area (Å²) in [5.74, 6) is 0. The van der Waals surface area contributed by atoms with E-state index in [1.807, 2.05) is 48.3 Å². The second-order valence-corrected chi connectivity index (χ2v) is 6.91. The van der Waals surface area contributed by atoms with Crippen molar-refractivity contribution < 1.29 is 14.3 Å². The fourth-order valence-corrected chi connectivity index (χ4v) is 2.88. The fraction of sp³-hybridized carbons (Fsp3) is 0.364. The molecule has 1 atom stereocenters. The maximum atomic E-state index is 12.2. The van der Waals surface area contributed by atoms with Crippen molar-refractivity contribution >= 4 is 12.4 Å². The highest BCUT2D eigenvalue weighted by Crippen LogP contribution is 2.04. The molecule has 6 nitrogen and oxygen atoms in total. The van der Waals surface area contributed by atoms with E-state index in [4.69, 9.17) is 4.74 Å². The predicted octanol–water partition coefficient (Wildman–Crippen LogP) is 2.51. The van der Waals surface area contributed by atoms with E-state index >= 15 is 0 Å². The molecule has 0 bridgehead atoms. The maximum absolute atomic E-state index is 12.2. The van der Waals surface area contributed by atoms with Crippen molar-refractivity contribution in [1.29, 1.82) is 0 Å². The first-order chi connectivity index (χ1) is 13.6. The number of aryl methyl sites for hydroxylation is 1. The van der Waals surface area contributed by atoms with Crippen LogP contribution >= 0.6 is 0 Å². The van der Waals surface area contributed by atoms with Crippen LogP contribution in [0.2, 0.25) is 0 Å². The molecule has 2 aromatic rings. The summed E-state index contributed by atoms with van der Waals surface area (Å²) in [5.41, 5.74) is 3.33. The average Bonchev–Trinajstić information content (AvgIpc) is 2.67. The van der Waals surface area contributed by atoms with Crippen LogP contribution in [0, 0.1) is 6.92 Å². The highest BCUT2D eigenvalue weighted by molar-refractivity contribution is 5.67. The van der Waals surface area contributed by atoms with Gasteiger partial charge in [0.15, 0.2) is 0 Å². The standard InChI is InChI=1S/C22H29N3O3/c1-18-7-6-10-20(13-18)14-23-15-21(16-25(2)11-12-26)24-22(27)28-17-19-8-4-3-5-9-19/h3-10,12-13,21,23H,11,14-17H2,1-2H3,(H,24,27)/t21-/m0/s1. The molecule has 2 rings (SSSR count). The first kappa shape index (κ1) is 21.6. The Balaban J connectivity index is 1.84. The number of nitrogens with one attached hydrogen (secondary N) is 2. The number of amides is 1. The van der Waals surface area contributed by atoms with Gasteiger partial charge in [-0.2, -0.15) is 0 Å². The number of likely N-dealkylation sites (N-methyl/N-ethyl adjacent to an activating group) is 1. The van der Waals surface area contributed by atoms with Gasteiger partial charge in [0.2, 0.25) is 0 Å². The molecule has 2 N–H and O–H groups in total. The molecule has 0 heterocycles. The van der Waals surface area contributed by atoms with Crippen LogP contribution in [0.15, 0.2) is 54.6 Å². The monoisotopic (exact) mass is 383 g/mol. The molecule has 0 spiro atoms. The lowest BCUT2D eigenvalue weighted by atomic mass is 10.1. The molecule has 28 heavy (non-hydrogen) atoms. The summed E-state index contributed by atoms with van der Waals surface area (Å²) in [6.45, 7) is 4.41. The van der Waals surface area contributed by atoms with Crippen LogP contribution in [0.25, 0.3) is 0 Å². The Hall–Kier alpha value is -2.70. The molecular weight excluding hydrogens is 354 g/mol. The van der Waals surface area contributed by atoms with Crippen molar-refractivity contribution in [2.24, 2.45) is 0 Å². The maximum Gasteiger partial charge on any atom is 0.407 e. The number of aldehydes is 1. The van der Waals surface area contributed by atoms with Crippen LogP contribution in [0.1, 0.15) is 16.7 Å². The van der Waals surface area contributed by atoms with Crippen molar-refractivity contribution in [3.05, 3.63) is 71.3 Å². The number of benzene rings is 2. The molecule has 0 unspecified atom stereocenters. The molecule has 0 aliphatic heterocycles. The third kappa shape index (κ3) is 8.33. The summed E-state index contributed by atoms with van der Waals surface area (Å²) in [5, 5.41) is 6.26. The van der Waals surface area contributed by atoms with Crippen molar-refractivity contribution in [2.75, 3.05) is 26.7 Å². The average molecular weight is 383 g/mol. The summed E-state index contributed by atoms with van der Waals surface area (Å²) < 4.78 is 5.31. The lowest BCUT2D eigenvalue weighted by molar-refractivity contribution is -0.108. The fourth-order valence-electron chi connectivity index (χ4n) is 2.88. The quantitative estimate of drug-likeness (QED) is 0.584. The molecule has 0 aliphatic carbocycles. The van der Waals surface area contributed by atoms with E-state index in [-0.39, 0.29) is 12.6 Å². The van der Waals surface area contributed by atoms with E-state index in [2.05, 4.69) is 35.8 Å². The number of hydrogen-bond acceptors (Lipinski definition) is 5. The van der Waals surface area contributed by atoms with Crippen LogP contribution in [0.5, 0.6) is 0 Å². The Morgan fingerprint density at radius 3 is 2.61 bits per heavy atom. The van der Waals surface area contributed by atoms with Gasteiger partial charge in [-0.15, -0.1) is 0 Å². The van der Waals surface area contributed by atoms with E-state index < -0.39 is 6.09 Å². The molecule has 0 radical (unpaired) electrons. The Morgan fingerprint density at radius 2 is 1.89 bits per heavy atom. The molecule has 0 aromatic heterocycles. The summed E-state index contributed by atoms with van der Waals surface area (Å²) in [4.78, 5) is 24.8. The summed E-state index contributed by atoms with van der Waals surface area (Å²) >= 11 is 0. The van der Waals surface area contributed by atoms with Gasteiger partial charge in [-0.25, -0.2) is 4.79 Å². The zero-order chi connectivity index (χ0) is 20.2. The van der Waals surface area contributed by atoms with Gasteiger partial charge < -0.3 is 20.2 Å². The number of alkyl carbamates (subject to hydrolysis) is 1.